The van der Waals surface area contributed by atoms with E-state index in [1.165, 1.54) is 6.92 Å². The van der Waals surface area contributed by atoms with Gasteiger partial charge >= 0.3 is 0 Å². The van der Waals surface area contributed by atoms with Crippen molar-refractivity contribution in [1.29, 1.82) is 0 Å². The third-order valence-corrected chi connectivity index (χ3v) is 3.69. The first-order chi connectivity index (χ1) is 7.68. The van der Waals surface area contributed by atoms with E-state index >= 15 is 0 Å². The van der Waals surface area contributed by atoms with Crippen molar-refractivity contribution in [1.82, 2.24) is 5.32 Å². The third kappa shape index (κ3) is 2.24. The standard InChI is InChI=1S/C11H12N2O2S/c1-8(14)12-7-6-11-13(15)9-4-2-3-5-10(9)16-11/h2-5,11H,6-7H2,1H3/p+1. The number of carbonyl (C=O) groups is 1. The molecule has 0 bridgehead atoms. The number of rotatable bonds is 3. The van der Waals surface area contributed by atoms with Crippen LogP contribution in [-0.4, -0.2) is 22.6 Å². The van der Waals surface area contributed by atoms with E-state index in [-0.39, 0.29) is 11.3 Å². The molecule has 1 aromatic rings. The Morgan fingerprint density at radius 3 is 2.94 bits per heavy atom. The minimum absolute atomic E-state index is 0.0574. The molecule has 1 aromatic carbocycles. The van der Waals surface area contributed by atoms with Crippen LogP contribution in [0.4, 0.5) is 5.69 Å². The molecule has 0 saturated heterocycles. The lowest BCUT2D eigenvalue weighted by molar-refractivity contribution is -0.476. The molecule has 2 rings (SSSR count). The first-order valence-corrected chi connectivity index (χ1v) is 6.03. The predicted molar refractivity (Wildman–Crippen MR) is 62.7 cm³/mol. The SMILES string of the molecule is CC(=O)NCCC1Sc2ccccc2[N+]1=O. The summed E-state index contributed by atoms with van der Waals surface area (Å²) in [6, 6.07) is 7.56. The molecule has 1 amide bonds. The number of amides is 1. The van der Waals surface area contributed by atoms with Gasteiger partial charge in [0.05, 0.1) is 9.66 Å². The summed E-state index contributed by atoms with van der Waals surface area (Å²) in [5.74, 6) is -0.0574. The molecule has 16 heavy (non-hydrogen) atoms. The lowest BCUT2D eigenvalue weighted by Crippen LogP contribution is -2.25. The van der Waals surface area contributed by atoms with Gasteiger partial charge in [-0.1, -0.05) is 12.1 Å². The number of nitroso groups, excluding NO2 is 1. The van der Waals surface area contributed by atoms with E-state index in [9.17, 15) is 9.70 Å². The Morgan fingerprint density at radius 2 is 2.25 bits per heavy atom. The summed E-state index contributed by atoms with van der Waals surface area (Å²) in [6.45, 7) is 2.02. The van der Waals surface area contributed by atoms with E-state index in [1.807, 2.05) is 24.3 Å². The van der Waals surface area contributed by atoms with Crippen molar-refractivity contribution >= 4 is 23.4 Å². The molecule has 0 radical (unpaired) electrons. The van der Waals surface area contributed by atoms with Crippen LogP contribution >= 0.6 is 11.8 Å². The highest BCUT2D eigenvalue weighted by atomic mass is 32.2. The van der Waals surface area contributed by atoms with Gasteiger partial charge in [0.25, 0.3) is 11.1 Å². The predicted octanol–water partition coefficient (Wildman–Crippen LogP) is 2.05. The molecule has 1 heterocycles. The molecule has 0 aromatic heterocycles. The van der Waals surface area contributed by atoms with E-state index in [0.717, 1.165) is 15.3 Å². The fraction of sp³-hybridized carbons (Fsp3) is 0.364. The normalized spacial score (nSPS) is 18.3. The molecule has 1 unspecified atom stereocenters. The zero-order chi connectivity index (χ0) is 11.5. The van der Waals surface area contributed by atoms with Crippen molar-refractivity contribution in [3.05, 3.63) is 29.2 Å². The molecule has 84 valence electrons. The second-order valence-corrected chi connectivity index (χ2v) is 4.86. The molecular formula is C11H13N2O2S+. The highest BCUT2D eigenvalue weighted by molar-refractivity contribution is 8.00. The Balaban J connectivity index is 1.97. The second kappa shape index (κ2) is 4.65. The van der Waals surface area contributed by atoms with E-state index in [0.29, 0.717) is 13.0 Å². The Kier molecular flexibility index (Phi) is 3.24. The zero-order valence-electron chi connectivity index (χ0n) is 8.97. The van der Waals surface area contributed by atoms with Gasteiger partial charge in [0, 0.05) is 30.9 Å². The van der Waals surface area contributed by atoms with E-state index in [2.05, 4.69) is 5.32 Å². The fourth-order valence-electron chi connectivity index (χ4n) is 1.64. The van der Waals surface area contributed by atoms with Crippen LogP contribution in [0.2, 0.25) is 0 Å². The van der Waals surface area contributed by atoms with Gasteiger partial charge < -0.3 is 5.32 Å². The molecule has 4 nitrogen and oxygen atoms in total. The van der Waals surface area contributed by atoms with Crippen LogP contribution < -0.4 is 5.32 Å². The van der Waals surface area contributed by atoms with Crippen molar-refractivity contribution in [2.24, 2.45) is 0 Å². The first kappa shape index (κ1) is 11.1. The number of nitrogens with one attached hydrogen (secondary N) is 1. The van der Waals surface area contributed by atoms with Crippen LogP contribution in [0.1, 0.15) is 13.3 Å². The van der Waals surface area contributed by atoms with Crippen LogP contribution in [0.25, 0.3) is 0 Å². The Labute approximate surface area is 98.0 Å². The molecule has 0 saturated carbocycles. The van der Waals surface area contributed by atoms with Crippen LogP contribution in [-0.2, 0) is 4.79 Å². The van der Waals surface area contributed by atoms with Gasteiger partial charge in [-0.25, -0.2) is 0 Å². The second-order valence-electron chi connectivity index (χ2n) is 3.64. The average Bonchev–Trinajstić information content (AvgIpc) is 2.56. The summed E-state index contributed by atoms with van der Waals surface area (Å²) in [5, 5.41) is 2.58. The summed E-state index contributed by atoms with van der Waals surface area (Å²) >= 11 is 1.56. The maximum absolute atomic E-state index is 11.9. The maximum Gasteiger partial charge on any atom is 0.271 e. The number of carbonyl (C=O) groups excluding carboxylic acids is 1. The lowest BCUT2D eigenvalue weighted by atomic mass is 10.3. The highest BCUT2D eigenvalue weighted by Crippen LogP contribution is 2.42. The van der Waals surface area contributed by atoms with Gasteiger partial charge in [-0.05, 0) is 17.8 Å². The Hall–Kier alpha value is -1.36. The third-order valence-electron chi connectivity index (χ3n) is 2.39. The van der Waals surface area contributed by atoms with Crippen molar-refractivity contribution in [3.63, 3.8) is 0 Å². The minimum atomic E-state index is -0.121. The number of thioether (sulfide) groups is 1. The van der Waals surface area contributed by atoms with Gasteiger partial charge in [0.2, 0.25) is 5.91 Å². The van der Waals surface area contributed by atoms with E-state index in [1.54, 1.807) is 11.8 Å². The number of benzene rings is 1. The summed E-state index contributed by atoms with van der Waals surface area (Å²) in [7, 11) is 0. The molecule has 1 atom stereocenters. The maximum atomic E-state index is 11.9. The number of hydrogen-bond acceptors (Lipinski definition) is 3. The minimum Gasteiger partial charge on any atom is -0.356 e. The van der Waals surface area contributed by atoms with Crippen LogP contribution in [0, 0.1) is 4.91 Å². The van der Waals surface area contributed by atoms with Crippen molar-refractivity contribution in [2.75, 3.05) is 6.54 Å². The van der Waals surface area contributed by atoms with Gasteiger partial charge in [-0.2, -0.15) is 0 Å². The van der Waals surface area contributed by atoms with Crippen LogP contribution in [0.3, 0.4) is 0 Å². The van der Waals surface area contributed by atoms with Gasteiger partial charge in [-0.3, -0.25) is 4.79 Å². The molecule has 0 spiro atoms. The molecule has 0 aliphatic carbocycles. The molecule has 1 aliphatic heterocycles. The Morgan fingerprint density at radius 1 is 1.50 bits per heavy atom. The molecule has 5 heteroatoms. The topological polar surface area (TPSA) is 49.2 Å². The van der Waals surface area contributed by atoms with Gasteiger partial charge in [0.1, 0.15) is 0 Å². The highest BCUT2D eigenvalue weighted by Gasteiger charge is 2.38. The van der Waals surface area contributed by atoms with Gasteiger partial charge in [0.15, 0.2) is 0 Å². The van der Waals surface area contributed by atoms with Gasteiger partial charge in [-0.15, -0.1) is 0 Å². The number of fused-ring (bicyclic) bond motifs is 1. The van der Waals surface area contributed by atoms with Crippen LogP contribution in [0.5, 0.6) is 0 Å². The fourth-order valence-corrected chi connectivity index (χ4v) is 2.81. The first-order valence-electron chi connectivity index (χ1n) is 5.15. The summed E-state index contributed by atoms with van der Waals surface area (Å²) in [6.07, 6.45) is 0.655. The smallest absolute Gasteiger partial charge is 0.271 e. The number of hydrogen-bond donors (Lipinski definition) is 1. The number of para-hydroxylation sites is 1. The summed E-state index contributed by atoms with van der Waals surface area (Å²) in [5.41, 5.74) is 0.736. The van der Waals surface area contributed by atoms with Crippen molar-refractivity contribution in [2.45, 2.75) is 23.6 Å². The average molecular weight is 237 g/mol. The molecule has 0 fully saturated rings. The summed E-state index contributed by atoms with van der Waals surface area (Å²) < 4.78 is 1.03. The Bertz CT molecular complexity index is 434. The van der Waals surface area contributed by atoms with Crippen molar-refractivity contribution in [3.8, 4) is 0 Å². The van der Waals surface area contributed by atoms with E-state index in [4.69, 9.17) is 0 Å². The molecule has 1 N–H and O–H groups in total. The molecule has 1 aliphatic rings. The van der Waals surface area contributed by atoms with Crippen LogP contribution in [0.15, 0.2) is 29.2 Å². The number of nitrogens with zero attached hydrogens (tertiary/aromatic N) is 1. The lowest BCUT2D eigenvalue weighted by Gasteiger charge is -2.01. The molecular weight excluding hydrogens is 224 g/mol. The van der Waals surface area contributed by atoms with E-state index < -0.39 is 0 Å². The summed E-state index contributed by atoms with van der Waals surface area (Å²) in [4.78, 5) is 23.6. The monoisotopic (exact) mass is 237 g/mol. The zero-order valence-corrected chi connectivity index (χ0v) is 9.79. The van der Waals surface area contributed by atoms with Crippen molar-refractivity contribution < 1.29 is 9.55 Å². The quantitative estimate of drug-likeness (QED) is 0.819. The largest absolute Gasteiger partial charge is 0.356 e.